The quantitative estimate of drug-likeness (QED) is 0.645. The summed E-state index contributed by atoms with van der Waals surface area (Å²) in [5.74, 6) is 0.304. The van der Waals surface area contributed by atoms with Gasteiger partial charge in [0.05, 0.1) is 19.8 Å². The van der Waals surface area contributed by atoms with Gasteiger partial charge >= 0.3 is 0 Å². The Hall–Kier alpha value is -1.03. The molecule has 1 unspecified atom stereocenters. The van der Waals surface area contributed by atoms with Crippen molar-refractivity contribution >= 4 is 10.0 Å². The second-order valence-electron chi connectivity index (χ2n) is 2.98. The largest absolute Gasteiger partial charge is 0.376 e. The summed E-state index contributed by atoms with van der Waals surface area (Å²) in [5.41, 5.74) is 0. The van der Waals surface area contributed by atoms with E-state index in [1.54, 1.807) is 0 Å². The lowest BCUT2D eigenvalue weighted by molar-refractivity contribution is -0.0934. The highest BCUT2D eigenvalue weighted by Gasteiger charge is 2.23. The summed E-state index contributed by atoms with van der Waals surface area (Å²) in [6, 6.07) is 0. The van der Waals surface area contributed by atoms with Crippen LogP contribution in [0, 0.1) is 0 Å². The van der Waals surface area contributed by atoms with Crippen LogP contribution in [0.15, 0.2) is 5.16 Å². The topological polar surface area (TPSA) is 120 Å². The average molecular weight is 234 g/mol. The Morgan fingerprint density at radius 1 is 1.47 bits per heavy atom. The third-order valence-corrected chi connectivity index (χ3v) is 2.55. The summed E-state index contributed by atoms with van der Waals surface area (Å²) in [7, 11) is -3.87. The summed E-state index contributed by atoms with van der Waals surface area (Å²) < 4.78 is 32.2. The fraction of sp³-hybridized carbons (Fsp3) is 0.667. The normalized spacial score (nSPS) is 22.9. The molecule has 84 valence electrons. The molecule has 1 aliphatic rings. The molecule has 0 amide bonds. The lowest BCUT2D eigenvalue weighted by Crippen LogP contribution is -2.23. The number of aromatic amines is 1. The molecule has 0 radical (unpaired) electrons. The van der Waals surface area contributed by atoms with Crippen molar-refractivity contribution in [2.24, 2.45) is 5.14 Å². The second kappa shape index (κ2) is 3.85. The fourth-order valence-electron chi connectivity index (χ4n) is 1.18. The van der Waals surface area contributed by atoms with E-state index in [-0.39, 0.29) is 0 Å². The molecule has 0 aliphatic carbocycles. The minimum absolute atomic E-state index is 0.304. The molecular formula is C6H10N4O4S. The first kappa shape index (κ1) is 10.5. The number of nitrogens with two attached hydrogens (primary N) is 1. The molecule has 0 saturated carbocycles. The van der Waals surface area contributed by atoms with Crippen LogP contribution in [0.1, 0.15) is 11.9 Å². The van der Waals surface area contributed by atoms with E-state index in [2.05, 4.69) is 15.2 Å². The molecule has 0 aromatic carbocycles. The van der Waals surface area contributed by atoms with Crippen molar-refractivity contribution in [3.63, 3.8) is 0 Å². The van der Waals surface area contributed by atoms with Crippen LogP contribution in [0.5, 0.6) is 0 Å². The third kappa shape index (κ3) is 2.31. The molecule has 8 nitrogen and oxygen atoms in total. The van der Waals surface area contributed by atoms with Crippen molar-refractivity contribution in [1.29, 1.82) is 0 Å². The van der Waals surface area contributed by atoms with Crippen LogP contribution < -0.4 is 5.14 Å². The first-order chi connectivity index (χ1) is 7.07. The number of ether oxygens (including phenoxy) is 2. The number of nitrogens with one attached hydrogen (secondary N) is 1. The molecule has 1 aromatic rings. The maximum atomic E-state index is 10.9. The van der Waals surface area contributed by atoms with Crippen molar-refractivity contribution in [1.82, 2.24) is 15.2 Å². The molecule has 0 bridgehead atoms. The molecule has 1 aromatic heterocycles. The number of rotatable bonds is 2. The van der Waals surface area contributed by atoms with Gasteiger partial charge in [0.1, 0.15) is 6.10 Å². The Morgan fingerprint density at radius 3 is 2.80 bits per heavy atom. The maximum Gasteiger partial charge on any atom is 0.282 e. The monoisotopic (exact) mass is 234 g/mol. The molecule has 9 heteroatoms. The van der Waals surface area contributed by atoms with E-state index in [1.807, 2.05) is 0 Å². The van der Waals surface area contributed by atoms with Crippen molar-refractivity contribution in [3.05, 3.63) is 5.82 Å². The van der Waals surface area contributed by atoms with E-state index in [0.717, 1.165) is 0 Å². The molecular weight excluding hydrogens is 224 g/mol. The van der Waals surface area contributed by atoms with Gasteiger partial charge in [0.25, 0.3) is 15.2 Å². The Labute approximate surface area is 85.8 Å². The highest BCUT2D eigenvalue weighted by Crippen LogP contribution is 2.17. The predicted molar refractivity (Wildman–Crippen MR) is 47.3 cm³/mol. The van der Waals surface area contributed by atoms with E-state index in [4.69, 9.17) is 14.6 Å². The van der Waals surface area contributed by atoms with E-state index < -0.39 is 21.3 Å². The Kier molecular flexibility index (Phi) is 2.69. The minimum atomic E-state index is -3.87. The molecule has 2 heterocycles. The zero-order valence-corrected chi connectivity index (χ0v) is 8.53. The number of hydrogen-bond donors (Lipinski definition) is 2. The van der Waals surface area contributed by atoms with Gasteiger partial charge < -0.3 is 9.47 Å². The van der Waals surface area contributed by atoms with Gasteiger partial charge in [-0.15, -0.1) is 5.10 Å². The molecule has 1 atom stereocenters. The summed E-state index contributed by atoms with van der Waals surface area (Å²) in [6.45, 7) is 1.28. The van der Waals surface area contributed by atoms with Gasteiger partial charge in [0.15, 0.2) is 5.82 Å². The van der Waals surface area contributed by atoms with Crippen molar-refractivity contribution in [2.75, 3.05) is 19.8 Å². The van der Waals surface area contributed by atoms with Gasteiger partial charge in [-0.3, -0.25) is 5.10 Å². The smallest absolute Gasteiger partial charge is 0.282 e. The molecule has 1 fully saturated rings. The molecule has 1 saturated heterocycles. The minimum Gasteiger partial charge on any atom is -0.376 e. The lowest BCUT2D eigenvalue weighted by atomic mass is 10.3. The van der Waals surface area contributed by atoms with Crippen molar-refractivity contribution in [2.45, 2.75) is 11.3 Å². The fourth-order valence-corrected chi connectivity index (χ4v) is 1.57. The van der Waals surface area contributed by atoms with E-state index in [0.29, 0.717) is 25.6 Å². The van der Waals surface area contributed by atoms with Crippen LogP contribution in [0.3, 0.4) is 0 Å². The second-order valence-corrected chi connectivity index (χ2v) is 4.44. The average Bonchev–Trinajstić information content (AvgIpc) is 2.67. The van der Waals surface area contributed by atoms with Gasteiger partial charge in [-0.1, -0.05) is 0 Å². The van der Waals surface area contributed by atoms with E-state index >= 15 is 0 Å². The molecule has 15 heavy (non-hydrogen) atoms. The number of sulfonamides is 1. The summed E-state index contributed by atoms with van der Waals surface area (Å²) in [5, 5.41) is 10.4. The molecule has 1 aliphatic heterocycles. The summed E-state index contributed by atoms with van der Waals surface area (Å²) in [6.07, 6.45) is -0.415. The van der Waals surface area contributed by atoms with Gasteiger partial charge in [-0.25, -0.2) is 13.6 Å². The van der Waals surface area contributed by atoms with Crippen molar-refractivity contribution < 1.29 is 17.9 Å². The summed E-state index contributed by atoms with van der Waals surface area (Å²) in [4.78, 5) is 3.72. The maximum absolute atomic E-state index is 10.9. The number of primary sulfonamides is 1. The SMILES string of the molecule is NS(=O)(=O)c1n[nH]c(C2COCCO2)n1. The van der Waals surface area contributed by atoms with Crippen LogP contribution >= 0.6 is 0 Å². The van der Waals surface area contributed by atoms with Crippen molar-refractivity contribution in [3.8, 4) is 0 Å². The zero-order valence-electron chi connectivity index (χ0n) is 7.71. The van der Waals surface area contributed by atoms with E-state index in [9.17, 15) is 8.42 Å². The van der Waals surface area contributed by atoms with Crippen LogP contribution in [0.25, 0.3) is 0 Å². The lowest BCUT2D eigenvalue weighted by Gasteiger charge is -2.20. The zero-order chi connectivity index (χ0) is 10.9. The first-order valence-electron chi connectivity index (χ1n) is 4.22. The third-order valence-electron chi connectivity index (χ3n) is 1.86. The van der Waals surface area contributed by atoms with Crippen LogP contribution in [0.2, 0.25) is 0 Å². The Morgan fingerprint density at radius 2 is 2.27 bits per heavy atom. The highest BCUT2D eigenvalue weighted by molar-refractivity contribution is 7.89. The van der Waals surface area contributed by atoms with Crippen LogP contribution in [-0.4, -0.2) is 43.4 Å². The predicted octanol–water partition coefficient (Wildman–Crippen LogP) is -1.46. The Bertz CT molecular complexity index is 436. The Balaban J connectivity index is 2.19. The van der Waals surface area contributed by atoms with Gasteiger partial charge in [0.2, 0.25) is 0 Å². The highest BCUT2D eigenvalue weighted by atomic mass is 32.2. The number of hydrogen-bond acceptors (Lipinski definition) is 6. The number of nitrogens with zero attached hydrogens (tertiary/aromatic N) is 2. The number of H-pyrrole nitrogens is 1. The molecule has 2 rings (SSSR count). The number of aromatic nitrogens is 3. The van der Waals surface area contributed by atoms with Crippen LogP contribution in [-0.2, 0) is 19.5 Å². The van der Waals surface area contributed by atoms with Gasteiger partial charge in [0, 0.05) is 0 Å². The summed E-state index contributed by atoms with van der Waals surface area (Å²) >= 11 is 0. The van der Waals surface area contributed by atoms with Gasteiger partial charge in [-0.2, -0.15) is 4.98 Å². The first-order valence-corrected chi connectivity index (χ1v) is 5.76. The van der Waals surface area contributed by atoms with Crippen LogP contribution in [0.4, 0.5) is 0 Å². The van der Waals surface area contributed by atoms with Gasteiger partial charge in [-0.05, 0) is 0 Å². The standard InChI is InChI=1S/C6H10N4O4S/c7-15(11,12)6-8-5(9-10-6)4-3-13-1-2-14-4/h4H,1-3H2,(H2,7,11,12)(H,8,9,10). The molecule has 0 spiro atoms. The molecule has 3 N–H and O–H groups in total. The van der Waals surface area contributed by atoms with E-state index in [1.165, 1.54) is 0 Å².